The number of sulfonamides is 1. The highest BCUT2D eigenvalue weighted by molar-refractivity contribution is 7.89. The normalized spacial score (nSPS) is 12.0. The molecule has 0 fully saturated rings. The van der Waals surface area contributed by atoms with E-state index >= 15 is 0 Å². The monoisotopic (exact) mass is 369 g/mol. The van der Waals surface area contributed by atoms with Gasteiger partial charge in [0.15, 0.2) is 0 Å². The van der Waals surface area contributed by atoms with E-state index in [9.17, 15) is 13.2 Å². The maximum atomic E-state index is 12.6. The number of thiazole rings is 1. The fourth-order valence-corrected chi connectivity index (χ4v) is 4.79. The van der Waals surface area contributed by atoms with Crippen LogP contribution in [0.2, 0.25) is 0 Å². The molecule has 24 heavy (non-hydrogen) atoms. The first kappa shape index (κ1) is 18.8. The van der Waals surface area contributed by atoms with E-state index in [1.54, 1.807) is 25.2 Å². The molecule has 0 atom stereocenters. The fourth-order valence-electron chi connectivity index (χ4n) is 2.42. The standard InChI is InChI=1S/C16H23N3O3S2/c1-4-7-15-17-13(12-23-15)10-18-11-14(8-9-16(18)20)24(21,22)19(5-2)6-3/h8-9,11-12H,4-7,10H2,1-3H3. The maximum Gasteiger partial charge on any atom is 0.250 e. The second kappa shape index (κ2) is 8.04. The van der Waals surface area contributed by atoms with E-state index < -0.39 is 10.0 Å². The minimum Gasteiger partial charge on any atom is -0.308 e. The van der Waals surface area contributed by atoms with Gasteiger partial charge in [0.25, 0.3) is 5.56 Å². The number of aryl methyl sites for hydroxylation is 1. The molecule has 132 valence electrons. The molecule has 0 aliphatic heterocycles. The van der Waals surface area contributed by atoms with Gasteiger partial charge in [0.05, 0.1) is 22.1 Å². The van der Waals surface area contributed by atoms with Crippen molar-refractivity contribution in [3.63, 3.8) is 0 Å². The lowest BCUT2D eigenvalue weighted by molar-refractivity contribution is 0.444. The largest absolute Gasteiger partial charge is 0.308 e. The molecular weight excluding hydrogens is 346 g/mol. The van der Waals surface area contributed by atoms with Crippen LogP contribution in [0.4, 0.5) is 0 Å². The summed E-state index contributed by atoms with van der Waals surface area (Å²) < 4.78 is 28.0. The summed E-state index contributed by atoms with van der Waals surface area (Å²) in [5.41, 5.74) is 0.543. The van der Waals surface area contributed by atoms with Crippen LogP contribution in [0, 0.1) is 0 Å². The van der Waals surface area contributed by atoms with Crippen molar-refractivity contribution in [2.45, 2.75) is 45.1 Å². The highest BCUT2D eigenvalue weighted by Gasteiger charge is 2.22. The number of aromatic nitrogens is 2. The summed E-state index contributed by atoms with van der Waals surface area (Å²) in [5.74, 6) is 0. The minimum atomic E-state index is -3.58. The van der Waals surface area contributed by atoms with Gasteiger partial charge >= 0.3 is 0 Å². The third-order valence-corrected chi connectivity index (χ3v) is 6.69. The molecule has 0 unspecified atom stereocenters. The van der Waals surface area contributed by atoms with Crippen LogP contribution in [-0.2, 0) is 23.0 Å². The SMILES string of the molecule is CCCc1nc(Cn2cc(S(=O)(=O)N(CC)CC)ccc2=O)cs1. The second-order valence-corrected chi connectivity index (χ2v) is 8.28. The number of hydrogen-bond donors (Lipinski definition) is 0. The van der Waals surface area contributed by atoms with Crippen molar-refractivity contribution in [2.75, 3.05) is 13.1 Å². The first-order valence-electron chi connectivity index (χ1n) is 8.06. The van der Waals surface area contributed by atoms with Crippen LogP contribution in [0.1, 0.15) is 37.9 Å². The summed E-state index contributed by atoms with van der Waals surface area (Å²) in [6.45, 7) is 6.74. The molecule has 0 saturated heterocycles. The molecule has 0 spiro atoms. The molecule has 2 aromatic rings. The molecule has 0 saturated carbocycles. The zero-order chi connectivity index (χ0) is 17.7. The van der Waals surface area contributed by atoms with Gasteiger partial charge in [-0.3, -0.25) is 4.79 Å². The van der Waals surface area contributed by atoms with Crippen LogP contribution in [-0.4, -0.2) is 35.4 Å². The highest BCUT2D eigenvalue weighted by atomic mass is 32.2. The number of rotatable bonds is 8. The van der Waals surface area contributed by atoms with E-state index in [1.165, 1.54) is 27.2 Å². The quantitative estimate of drug-likeness (QED) is 0.716. The Balaban J connectivity index is 2.33. The molecule has 0 N–H and O–H groups in total. The molecule has 0 aliphatic carbocycles. The van der Waals surface area contributed by atoms with Gasteiger partial charge in [0.1, 0.15) is 0 Å². The lowest BCUT2D eigenvalue weighted by Gasteiger charge is -2.18. The first-order chi connectivity index (χ1) is 11.4. The molecular formula is C16H23N3O3S2. The molecule has 2 rings (SSSR count). The van der Waals surface area contributed by atoms with Crippen molar-refractivity contribution in [1.82, 2.24) is 13.9 Å². The number of pyridine rings is 1. The van der Waals surface area contributed by atoms with Gasteiger partial charge in [0.2, 0.25) is 10.0 Å². The Kier molecular flexibility index (Phi) is 6.31. The van der Waals surface area contributed by atoms with Gasteiger partial charge < -0.3 is 4.57 Å². The third-order valence-electron chi connectivity index (χ3n) is 3.70. The van der Waals surface area contributed by atoms with Crippen LogP contribution in [0.25, 0.3) is 0 Å². The van der Waals surface area contributed by atoms with Gasteiger partial charge in [0, 0.05) is 30.7 Å². The van der Waals surface area contributed by atoms with Crippen LogP contribution >= 0.6 is 11.3 Å². The second-order valence-electron chi connectivity index (χ2n) is 5.40. The molecule has 0 bridgehead atoms. The van der Waals surface area contributed by atoms with Crippen molar-refractivity contribution in [2.24, 2.45) is 0 Å². The number of nitrogens with zero attached hydrogens (tertiary/aromatic N) is 3. The van der Waals surface area contributed by atoms with Crippen LogP contribution < -0.4 is 5.56 Å². The molecule has 2 aromatic heterocycles. The Morgan fingerprint density at radius 1 is 1.21 bits per heavy atom. The van der Waals surface area contributed by atoms with Crippen LogP contribution in [0.3, 0.4) is 0 Å². The third kappa shape index (κ3) is 4.12. The predicted molar refractivity (Wildman–Crippen MR) is 96.0 cm³/mol. The molecule has 0 aromatic carbocycles. The van der Waals surface area contributed by atoms with E-state index in [4.69, 9.17) is 0 Å². The minimum absolute atomic E-state index is 0.134. The number of hydrogen-bond acceptors (Lipinski definition) is 5. The van der Waals surface area contributed by atoms with Crippen molar-refractivity contribution < 1.29 is 8.42 Å². The average molecular weight is 370 g/mol. The topological polar surface area (TPSA) is 72.3 Å². The molecule has 2 heterocycles. The zero-order valence-electron chi connectivity index (χ0n) is 14.2. The molecule has 0 amide bonds. The molecule has 8 heteroatoms. The van der Waals surface area contributed by atoms with Crippen molar-refractivity contribution in [3.05, 3.63) is 44.8 Å². The zero-order valence-corrected chi connectivity index (χ0v) is 15.9. The summed E-state index contributed by atoms with van der Waals surface area (Å²) in [5, 5.41) is 2.95. The average Bonchev–Trinajstić information content (AvgIpc) is 2.98. The Bertz CT molecular complexity index is 836. The smallest absolute Gasteiger partial charge is 0.250 e. The molecule has 0 radical (unpaired) electrons. The van der Waals surface area contributed by atoms with E-state index in [-0.39, 0.29) is 17.0 Å². The summed E-state index contributed by atoms with van der Waals surface area (Å²) in [4.78, 5) is 16.7. The van der Waals surface area contributed by atoms with Gasteiger partial charge in [-0.15, -0.1) is 11.3 Å². The summed E-state index contributed by atoms with van der Waals surface area (Å²) in [6, 6.07) is 2.67. The Labute approximate surface area is 146 Å². The summed E-state index contributed by atoms with van der Waals surface area (Å²) in [6.07, 6.45) is 3.34. The van der Waals surface area contributed by atoms with Crippen molar-refractivity contribution in [3.8, 4) is 0 Å². The maximum absolute atomic E-state index is 12.6. The van der Waals surface area contributed by atoms with E-state index in [0.717, 1.165) is 23.5 Å². The van der Waals surface area contributed by atoms with E-state index in [1.807, 2.05) is 5.38 Å². The van der Waals surface area contributed by atoms with Crippen LogP contribution in [0.15, 0.2) is 33.4 Å². The van der Waals surface area contributed by atoms with Crippen LogP contribution in [0.5, 0.6) is 0 Å². The fraction of sp³-hybridized carbons (Fsp3) is 0.500. The van der Waals surface area contributed by atoms with Gasteiger partial charge in [-0.1, -0.05) is 20.8 Å². The van der Waals surface area contributed by atoms with E-state index in [0.29, 0.717) is 13.1 Å². The Morgan fingerprint density at radius 2 is 1.92 bits per heavy atom. The van der Waals surface area contributed by atoms with Gasteiger partial charge in [-0.25, -0.2) is 13.4 Å². The lowest BCUT2D eigenvalue weighted by atomic mass is 10.3. The molecule has 6 nitrogen and oxygen atoms in total. The lowest BCUT2D eigenvalue weighted by Crippen LogP contribution is -2.32. The predicted octanol–water partition coefficient (Wildman–Crippen LogP) is 2.34. The van der Waals surface area contributed by atoms with E-state index in [2.05, 4.69) is 11.9 Å². The summed E-state index contributed by atoms with van der Waals surface area (Å²) >= 11 is 1.57. The van der Waals surface area contributed by atoms with Crippen molar-refractivity contribution in [1.29, 1.82) is 0 Å². The molecule has 0 aliphatic rings. The first-order valence-corrected chi connectivity index (χ1v) is 10.4. The Morgan fingerprint density at radius 3 is 2.54 bits per heavy atom. The highest BCUT2D eigenvalue weighted by Crippen LogP contribution is 2.15. The van der Waals surface area contributed by atoms with Gasteiger partial charge in [-0.05, 0) is 18.9 Å². The van der Waals surface area contributed by atoms with Gasteiger partial charge in [-0.2, -0.15) is 4.31 Å². The summed E-state index contributed by atoms with van der Waals surface area (Å²) in [7, 11) is -3.58. The van der Waals surface area contributed by atoms with Crippen molar-refractivity contribution >= 4 is 21.4 Å². The Hall–Kier alpha value is -1.51.